The van der Waals surface area contributed by atoms with Crippen LogP contribution in [0.3, 0.4) is 0 Å². The quantitative estimate of drug-likeness (QED) is 0.808. The van der Waals surface area contributed by atoms with Gasteiger partial charge in [-0.15, -0.1) is 0 Å². The Balaban J connectivity index is 2.29. The molecule has 0 saturated carbocycles. The van der Waals surface area contributed by atoms with E-state index in [1.165, 1.54) is 6.08 Å². The summed E-state index contributed by atoms with van der Waals surface area (Å²) in [7, 11) is 0. The Bertz CT molecular complexity index is 539. The minimum atomic E-state index is -0.340. The minimum Gasteiger partial charge on any atom is -0.291 e. The molecule has 2 rings (SSSR count). The highest BCUT2D eigenvalue weighted by molar-refractivity contribution is 5.97. The van der Waals surface area contributed by atoms with Gasteiger partial charge in [-0.1, -0.05) is 6.58 Å². The molecule has 1 N–H and O–H groups in total. The highest BCUT2D eigenvalue weighted by Gasteiger charge is 2.03. The van der Waals surface area contributed by atoms with Crippen LogP contribution in [0, 0.1) is 0 Å². The molecule has 5 nitrogen and oxygen atoms in total. The average Bonchev–Trinajstić information content (AvgIpc) is 2.40. The lowest BCUT2D eigenvalue weighted by atomic mass is 10.2. The molecule has 0 radical (unpaired) electrons. The second-order valence-corrected chi connectivity index (χ2v) is 3.20. The van der Waals surface area contributed by atoms with Crippen LogP contribution in [0.2, 0.25) is 0 Å². The van der Waals surface area contributed by atoms with Crippen LogP contribution in [-0.2, 0) is 4.79 Å². The lowest BCUT2D eigenvalue weighted by Gasteiger charge is -2.03. The van der Waals surface area contributed by atoms with E-state index in [2.05, 4.69) is 26.8 Å². The van der Waals surface area contributed by atoms with Crippen molar-refractivity contribution in [2.75, 3.05) is 5.32 Å². The topological polar surface area (TPSA) is 67.8 Å². The highest BCUT2D eigenvalue weighted by atomic mass is 16.1. The molecule has 2 heterocycles. The van der Waals surface area contributed by atoms with Gasteiger partial charge in [0.2, 0.25) is 11.9 Å². The number of hydrogen-bond acceptors (Lipinski definition) is 4. The fraction of sp³-hybridized carbons (Fsp3) is 0. The molecule has 17 heavy (non-hydrogen) atoms. The standard InChI is InChI=1S/C12H10N4O/c1-2-11(17)16-12-14-7-5-10(15-12)9-4-3-6-13-8-9/h2-8H,1H2,(H,14,15,16,17). The van der Waals surface area contributed by atoms with Crippen LogP contribution >= 0.6 is 0 Å². The number of nitrogens with one attached hydrogen (secondary N) is 1. The summed E-state index contributed by atoms with van der Waals surface area (Å²) in [6.07, 6.45) is 6.13. The number of nitrogens with zero attached hydrogens (tertiary/aromatic N) is 3. The van der Waals surface area contributed by atoms with E-state index in [9.17, 15) is 4.79 Å². The largest absolute Gasteiger partial charge is 0.291 e. The molecule has 0 bridgehead atoms. The molecule has 0 unspecified atom stereocenters. The molecular formula is C12H10N4O. The number of hydrogen-bond donors (Lipinski definition) is 1. The van der Waals surface area contributed by atoms with Crippen LogP contribution < -0.4 is 5.32 Å². The SMILES string of the molecule is C=CC(=O)Nc1nccc(-c2cccnc2)n1. The predicted molar refractivity (Wildman–Crippen MR) is 64.1 cm³/mol. The average molecular weight is 226 g/mol. The van der Waals surface area contributed by atoms with Gasteiger partial charge in [-0.25, -0.2) is 9.97 Å². The van der Waals surface area contributed by atoms with Crippen molar-refractivity contribution in [2.24, 2.45) is 0 Å². The van der Waals surface area contributed by atoms with Crippen molar-refractivity contribution in [1.82, 2.24) is 15.0 Å². The van der Waals surface area contributed by atoms with Crippen molar-refractivity contribution in [2.45, 2.75) is 0 Å². The fourth-order valence-electron chi connectivity index (χ4n) is 1.26. The Morgan fingerprint density at radius 2 is 2.24 bits per heavy atom. The summed E-state index contributed by atoms with van der Waals surface area (Å²) in [6.45, 7) is 3.36. The van der Waals surface area contributed by atoms with Gasteiger partial charge in [-0.3, -0.25) is 15.1 Å². The van der Waals surface area contributed by atoms with Gasteiger partial charge in [0, 0.05) is 24.2 Å². The molecule has 2 aromatic rings. The second-order valence-electron chi connectivity index (χ2n) is 3.20. The van der Waals surface area contributed by atoms with Gasteiger partial charge in [0.15, 0.2) is 0 Å². The number of rotatable bonds is 3. The van der Waals surface area contributed by atoms with Gasteiger partial charge >= 0.3 is 0 Å². The van der Waals surface area contributed by atoms with Gasteiger partial charge in [0.25, 0.3) is 0 Å². The number of amides is 1. The Labute approximate surface area is 98.3 Å². The third-order valence-corrected chi connectivity index (χ3v) is 2.03. The molecule has 0 aromatic carbocycles. The normalized spacial score (nSPS) is 9.65. The van der Waals surface area contributed by atoms with E-state index in [4.69, 9.17) is 0 Å². The first-order valence-corrected chi connectivity index (χ1v) is 4.96. The lowest BCUT2D eigenvalue weighted by molar-refractivity contribution is -0.111. The molecule has 0 atom stereocenters. The zero-order valence-electron chi connectivity index (χ0n) is 9.00. The van der Waals surface area contributed by atoms with E-state index in [1.54, 1.807) is 24.7 Å². The van der Waals surface area contributed by atoms with Crippen LogP contribution in [-0.4, -0.2) is 20.9 Å². The predicted octanol–water partition coefficient (Wildman–Crippen LogP) is 1.66. The summed E-state index contributed by atoms with van der Waals surface area (Å²) in [6, 6.07) is 5.45. The summed E-state index contributed by atoms with van der Waals surface area (Å²) in [4.78, 5) is 23.3. The van der Waals surface area contributed by atoms with Crippen molar-refractivity contribution in [3.05, 3.63) is 49.4 Å². The molecule has 0 spiro atoms. The molecule has 1 amide bonds. The molecule has 0 aliphatic carbocycles. The zero-order valence-corrected chi connectivity index (χ0v) is 9.00. The Morgan fingerprint density at radius 1 is 1.35 bits per heavy atom. The molecule has 84 valence electrons. The number of carbonyl (C=O) groups is 1. The van der Waals surface area contributed by atoms with Gasteiger partial charge in [-0.2, -0.15) is 0 Å². The summed E-state index contributed by atoms with van der Waals surface area (Å²) >= 11 is 0. The Hall–Kier alpha value is -2.56. The van der Waals surface area contributed by atoms with E-state index in [1.807, 2.05) is 12.1 Å². The number of aromatic nitrogens is 3. The first kappa shape index (κ1) is 10.9. The van der Waals surface area contributed by atoms with Crippen LogP contribution in [0.4, 0.5) is 5.95 Å². The van der Waals surface area contributed by atoms with Crippen molar-refractivity contribution in [3.63, 3.8) is 0 Å². The number of anilines is 1. The Morgan fingerprint density at radius 3 is 2.94 bits per heavy atom. The van der Waals surface area contributed by atoms with E-state index in [0.29, 0.717) is 5.69 Å². The smallest absolute Gasteiger partial charge is 0.250 e. The summed E-state index contributed by atoms with van der Waals surface area (Å²) < 4.78 is 0. The first-order valence-electron chi connectivity index (χ1n) is 4.96. The minimum absolute atomic E-state index is 0.247. The summed E-state index contributed by atoms with van der Waals surface area (Å²) in [5.41, 5.74) is 1.57. The molecule has 0 aliphatic heterocycles. The molecular weight excluding hydrogens is 216 g/mol. The van der Waals surface area contributed by atoms with E-state index in [0.717, 1.165) is 5.56 Å². The molecule has 2 aromatic heterocycles. The lowest BCUT2D eigenvalue weighted by Crippen LogP contribution is -2.10. The van der Waals surface area contributed by atoms with Crippen LogP contribution in [0.15, 0.2) is 49.4 Å². The third-order valence-electron chi connectivity index (χ3n) is 2.03. The maximum atomic E-state index is 11.1. The zero-order chi connectivity index (χ0) is 12.1. The van der Waals surface area contributed by atoms with Gasteiger partial charge in [-0.05, 0) is 24.3 Å². The van der Waals surface area contributed by atoms with Crippen LogP contribution in [0.5, 0.6) is 0 Å². The molecule has 0 fully saturated rings. The molecule has 5 heteroatoms. The van der Waals surface area contributed by atoms with E-state index >= 15 is 0 Å². The van der Waals surface area contributed by atoms with Crippen LogP contribution in [0.1, 0.15) is 0 Å². The van der Waals surface area contributed by atoms with Crippen molar-refractivity contribution in [1.29, 1.82) is 0 Å². The highest BCUT2D eigenvalue weighted by Crippen LogP contribution is 2.15. The van der Waals surface area contributed by atoms with Gasteiger partial charge in [0.05, 0.1) is 5.69 Å². The fourth-order valence-corrected chi connectivity index (χ4v) is 1.26. The number of carbonyl (C=O) groups excluding carboxylic acids is 1. The summed E-state index contributed by atoms with van der Waals surface area (Å²) in [5, 5.41) is 2.50. The molecule has 0 saturated heterocycles. The van der Waals surface area contributed by atoms with E-state index < -0.39 is 0 Å². The monoisotopic (exact) mass is 226 g/mol. The van der Waals surface area contributed by atoms with E-state index in [-0.39, 0.29) is 11.9 Å². The molecule has 0 aliphatic rings. The van der Waals surface area contributed by atoms with Crippen molar-refractivity contribution in [3.8, 4) is 11.3 Å². The summed E-state index contributed by atoms with van der Waals surface area (Å²) in [5.74, 6) is -0.0930. The third kappa shape index (κ3) is 2.72. The van der Waals surface area contributed by atoms with Crippen molar-refractivity contribution < 1.29 is 4.79 Å². The second kappa shape index (κ2) is 4.98. The maximum Gasteiger partial charge on any atom is 0.250 e. The van der Waals surface area contributed by atoms with Crippen molar-refractivity contribution >= 4 is 11.9 Å². The van der Waals surface area contributed by atoms with Gasteiger partial charge in [0.1, 0.15) is 0 Å². The Kier molecular flexibility index (Phi) is 3.20. The van der Waals surface area contributed by atoms with Gasteiger partial charge < -0.3 is 0 Å². The first-order chi connectivity index (χ1) is 8.29. The maximum absolute atomic E-state index is 11.1. The number of pyridine rings is 1. The van der Waals surface area contributed by atoms with Crippen LogP contribution in [0.25, 0.3) is 11.3 Å².